The van der Waals surface area contributed by atoms with E-state index in [1.807, 2.05) is 50.2 Å². The molecule has 0 aliphatic rings. The predicted molar refractivity (Wildman–Crippen MR) is 77.6 cm³/mol. The summed E-state index contributed by atoms with van der Waals surface area (Å²) < 4.78 is 0. The van der Waals surface area contributed by atoms with Crippen LogP contribution in [0.5, 0.6) is 0 Å². The van der Waals surface area contributed by atoms with Gasteiger partial charge in [0.25, 0.3) is 0 Å². The second kappa shape index (κ2) is 4.39. The van der Waals surface area contributed by atoms with Crippen LogP contribution in [0.25, 0.3) is 10.9 Å². The average Bonchev–Trinajstić information content (AvgIpc) is 2.81. The first-order valence-electron chi connectivity index (χ1n) is 6.35. The molecule has 0 amide bonds. The number of rotatable bonds is 2. The summed E-state index contributed by atoms with van der Waals surface area (Å²) in [7, 11) is 0. The third-order valence-corrected chi connectivity index (χ3v) is 3.47. The molecule has 0 aliphatic heterocycles. The van der Waals surface area contributed by atoms with E-state index in [-0.39, 0.29) is 5.78 Å². The molecule has 1 heterocycles. The van der Waals surface area contributed by atoms with Crippen molar-refractivity contribution in [3.8, 4) is 0 Å². The number of aryl methyl sites for hydroxylation is 2. The molecule has 3 rings (SSSR count). The highest BCUT2D eigenvalue weighted by Gasteiger charge is 2.15. The number of ketones is 1. The molecular weight excluding hydrogens is 234 g/mol. The van der Waals surface area contributed by atoms with Crippen LogP contribution < -0.4 is 0 Å². The van der Waals surface area contributed by atoms with Crippen LogP contribution in [0.15, 0.2) is 48.7 Å². The summed E-state index contributed by atoms with van der Waals surface area (Å²) in [6.07, 6.45) is 1.80. The Hall–Kier alpha value is -2.35. The standard InChI is InChI=1S/C17H15NO/c1-11-7-8-14-15(10-18-16(14)9-11)17(19)13-6-4-3-5-12(13)2/h3-10,18H,1-2H3. The first-order valence-corrected chi connectivity index (χ1v) is 6.35. The topological polar surface area (TPSA) is 32.9 Å². The molecule has 0 fully saturated rings. The van der Waals surface area contributed by atoms with Crippen LogP contribution in [0.3, 0.4) is 0 Å². The highest BCUT2D eigenvalue weighted by atomic mass is 16.1. The maximum atomic E-state index is 12.6. The van der Waals surface area contributed by atoms with Gasteiger partial charge in [-0.1, -0.05) is 36.4 Å². The Labute approximate surface area is 112 Å². The molecule has 94 valence electrons. The Morgan fingerprint density at radius 3 is 2.58 bits per heavy atom. The highest BCUT2D eigenvalue weighted by Crippen LogP contribution is 2.23. The molecule has 1 N–H and O–H groups in total. The van der Waals surface area contributed by atoms with Crippen molar-refractivity contribution < 1.29 is 4.79 Å². The van der Waals surface area contributed by atoms with Gasteiger partial charge in [-0.3, -0.25) is 4.79 Å². The normalized spacial score (nSPS) is 10.8. The fourth-order valence-electron chi connectivity index (χ4n) is 2.40. The molecule has 0 spiro atoms. The Bertz CT molecular complexity index is 768. The van der Waals surface area contributed by atoms with Crippen LogP contribution in [0.4, 0.5) is 0 Å². The molecular formula is C17H15NO. The number of hydrogen-bond donors (Lipinski definition) is 1. The zero-order valence-electron chi connectivity index (χ0n) is 11.0. The van der Waals surface area contributed by atoms with Crippen LogP contribution >= 0.6 is 0 Å². The maximum Gasteiger partial charge on any atom is 0.195 e. The second-order valence-electron chi connectivity index (χ2n) is 4.90. The van der Waals surface area contributed by atoms with E-state index in [1.54, 1.807) is 6.20 Å². The largest absolute Gasteiger partial charge is 0.360 e. The van der Waals surface area contributed by atoms with Gasteiger partial charge in [-0.15, -0.1) is 0 Å². The van der Waals surface area contributed by atoms with Crippen molar-refractivity contribution >= 4 is 16.7 Å². The molecule has 0 unspecified atom stereocenters. The molecule has 0 aliphatic carbocycles. The summed E-state index contributed by atoms with van der Waals surface area (Å²) in [5.41, 5.74) is 4.71. The number of carbonyl (C=O) groups is 1. The van der Waals surface area contributed by atoms with E-state index in [9.17, 15) is 4.79 Å². The summed E-state index contributed by atoms with van der Waals surface area (Å²) in [5, 5.41) is 0.985. The molecule has 19 heavy (non-hydrogen) atoms. The number of hydrogen-bond acceptors (Lipinski definition) is 1. The monoisotopic (exact) mass is 249 g/mol. The van der Waals surface area contributed by atoms with Crippen LogP contribution in [-0.2, 0) is 0 Å². The van der Waals surface area contributed by atoms with Gasteiger partial charge in [-0.05, 0) is 31.0 Å². The lowest BCUT2D eigenvalue weighted by molar-refractivity contribution is 0.104. The van der Waals surface area contributed by atoms with E-state index in [1.165, 1.54) is 5.56 Å². The van der Waals surface area contributed by atoms with Crippen LogP contribution in [0.2, 0.25) is 0 Å². The van der Waals surface area contributed by atoms with Crippen LogP contribution in [-0.4, -0.2) is 10.8 Å². The first kappa shape index (κ1) is 11.7. The summed E-state index contributed by atoms with van der Waals surface area (Å²) in [5.74, 6) is 0.0770. The van der Waals surface area contributed by atoms with E-state index in [0.29, 0.717) is 0 Å². The molecule has 2 nitrogen and oxygen atoms in total. The number of carbonyl (C=O) groups excluding carboxylic acids is 1. The van der Waals surface area contributed by atoms with Gasteiger partial charge in [-0.2, -0.15) is 0 Å². The van der Waals surface area contributed by atoms with Gasteiger partial charge in [0.2, 0.25) is 0 Å². The van der Waals surface area contributed by atoms with E-state index in [2.05, 4.69) is 11.1 Å². The molecule has 0 saturated heterocycles. The van der Waals surface area contributed by atoms with Crippen LogP contribution in [0.1, 0.15) is 27.0 Å². The van der Waals surface area contributed by atoms with Crippen molar-refractivity contribution in [2.24, 2.45) is 0 Å². The molecule has 3 aromatic rings. The zero-order chi connectivity index (χ0) is 13.4. The molecule has 0 atom stereocenters. The molecule has 0 saturated carbocycles. The summed E-state index contributed by atoms with van der Waals surface area (Å²) >= 11 is 0. The summed E-state index contributed by atoms with van der Waals surface area (Å²) in [6, 6.07) is 13.8. The average molecular weight is 249 g/mol. The maximum absolute atomic E-state index is 12.6. The van der Waals surface area contributed by atoms with Crippen molar-refractivity contribution in [2.45, 2.75) is 13.8 Å². The Kier molecular flexibility index (Phi) is 2.71. The second-order valence-corrected chi connectivity index (χ2v) is 4.90. The minimum absolute atomic E-state index is 0.0770. The van der Waals surface area contributed by atoms with Gasteiger partial charge >= 0.3 is 0 Å². The molecule has 0 bridgehead atoms. The number of aromatic nitrogens is 1. The Balaban J connectivity index is 2.15. The third-order valence-electron chi connectivity index (χ3n) is 3.47. The Morgan fingerprint density at radius 2 is 1.79 bits per heavy atom. The molecule has 1 aromatic heterocycles. The van der Waals surface area contributed by atoms with Crippen molar-refractivity contribution in [1.82, 2.24) is 4.98 Å². The number of benzene rings is 2. The molecule has 2 heteroatoms. The first-order chi connectivity index (χ1) is 9.16. The summed E-state index contributed by atoms with van der Waals surface area (Å²) in [4.78, 5) is 15.8. The van der Waals surface area contributed by atoms with E-state index in [0.717, 1.165) is 27.6 Å². The fourth-order valence-corrected chi connectivity index (χ4v) is 2.40. The fraction of sp³-hybridized carbons (Fsp3) is 0.118. The van der Waals surface area contributed by atoms with Gasteiger partial charge in [0, 0.05) is 28.2 Å². The van der Waals surface area contributed by atoms with Gasteiger partial charge in [-0.25, -0.2) is 0 Å². The predicted octanol–water partition coefficient (Wildman–Crippen LogP) is 4.02. The quantitative estimate of drug-likeness (QED) is 0.684. The zero-order valence-corrected chi connectivity index (χ0v) is 11.0. The van der Waals surface area contributed by atoms with Crippen molar-refractivity contribution in [3.63, 3.8) is 0 Å². The van der Waals surface area contributed by atoms with Crippen molar-refractivity contribution in [2.75, 3.05) is 0 Å². The van der Waals surface area contributed by atoms with E-state index in [4.69, 9.17) is 0 Å². The lowest BCUT2D eigenvalue weighted by Gasteiger charge is -2.03. The van der Waals surface area contributed by atoms with Crippen LogP contribution in [0, 0.1) is 13.8 Å². The lowest BCUT2D eigenvalue weighted by Crippen LogP contribution is -2.02. The third kappa shape index (κ3) is 1.95. The number of nitrogens with one attached hydrogen (secondary N) is 1. The highest BCUT2D eigenvalue weighted by molar-refractivity contribution is 6.16. The van der Waals surface area contributed by atoms with Gasteiger partial charge in [0.1, 0.15) is 0 Å². The molecule has 2 aromatic carbocycles. The Morgan fingerprint density at radius 1 is 1.00 bits per heavy atom. The number of H-pyrrole nitrogens is 1. The van der Waals surface area contributed by atoms with Gasteiger partial charge < -0.3 is 4.98 Å². The van der Waals surface area contributed by atoms with Gasteiger partial charge in [0.15, 0.2) is 5.78 Å². The number of aromatic amines is 1. The van der Waals surface area contributed by atoms with E-state index < -0.39 is 0 Å². The number of fused-ring (bicyclic) bond motifs is 1. The smallest absolute Gasteiger partial charge is 0.195 e. The lowest BCUT2D eigenvalue weighted by atomic mass is 9.98. The van der Waals surface area contributed by atoms with Gasteiger partial charge in [0.05, 0.1) is 0 Å². The van der Waals surface area contributed by atoms with Crippen molar-refractivity contribution in [1.29, 1.82) is 0 Å². The summed E-state index contributed by atoms with van der Waals surface area (Å²) in [6.45, 7) is 4.01. The van der Waals surface area contributed by atoms with E-state index >= 15 is 0 Å². The minimum Gasteiger partial charge on any atom is -0.360 e. The molecule has 0 radical (unpaired) electrons. The SMILES string of the molecule is Cc1ccc2c(C(=O)c3ccccc3C)c[nH]c2c1. The minimum atomic E-state index is 0.0770. The van der Waals surface area contributed by atoms with Crippen molar-refractivity contribution in [3.05, 3.63) is 70.9 Å².